The number of carbonyl (C=O) groups excluding carboxylic acids is 1. The van der Waals surface area contributed by atoms with Crippen molar-refractivity contribution in [2.24, 2.45) is 5.16 Å². The average molecular weight is 367 g/mol. The van der Waals surface area contributed by atoms with E-state index in [0.717, 1.165) is 11.3 Å². The smallest absolute Gasteiger partial charge is 0.265 e. The standard InChI is InChI=1S/C17H16Cl2N2O3/c1-2-23-14-6-3-12(4-7-14)10-20-24-11-17(22)21-13-5-8-15(18)16(19)9-13/h3-10H,2,11H2,1H3,(H,21,22)/b20-10-. The zero-order valence-electron chi connectivity index (χ0n) is 13.0. The van der Waals surface area contributed by atoms with E-state index in [1.54, 1.807) is 18.2 Å². The Labute approximate surface area is 150 Å². The number of oxime groups is 1. The maximum absolute atomic E-state index is 11.7. The van der Waals surface area contributed by atoms with Crippen LogP contribution < -0.4 is 10.1 Å². The number of hydrogen-bond acceptors (Lipinski definition) is 4. The minimum absolute atomic E-state index is 0.215. The van der Waals surface area contributed by atoms with Crippen molar-refractivity contribution in [3.8, 4) is 5.75 Å². The van der Waals surface area contributed by atoms with Gasteiger partial charge >= 0.3 is 0 Å². The van der Waals surface area contributed by atoms with E-state index in [1.165, 1.54) is 6.21 Å². The molecule has 0 atom stereocenters. The number of amides is 1. The van der Waals surface area contributed by atoms with Gasteiger partial charge in [0.15, 0.2) is 6.61 Å². The predicted octanol–water partition coefficient (Wildman–Crippen LogP) is 4.38. The van der Waals surface area contributed by atoms with Gasteiger partial charge in [0.2, 0.25) is 0 Å². The van der Waals surface area contributed by atoms with E-state index in [-0.39, 0.29) is 12.5 Å². The molecule has 0 fully saturated rings. The molecule has 2 aromatic rings. The van der Waals surface area contributed by atoms with Gasteiger partial charge in [-0.3, -0.25) is 4.79 Å². The lowest BCUT2D eigenvalue weighted by atomic mass is 10.2. The van der Waals surface area contributed by atoms with Crippen molar-refractivity contribution < 1.29 is 14.4 Å². The first-order valence-electron chi connectivity index (χ1n) is 7.21. The fraction of sp³-hybridized carbons (Fsp3) is 0.176. The van der Waals surface area contributed by atoms with E-state index in [9.17, 15) is 4.79 Å². The number of nitrogens with zero attached hydrogens (tertiary/aromatic N) is 1. The molecule has 0 spiro atoms. The molecule has 2 aromatic carbocycles. The highest BCUT2D eigenvalue weighted by atomic mass is 35.5. The van der Waals surface area contributed by atoms with Crippen LogP contribution in [-0.2, 0) is 9.63 Å². The Morgan fingerprint density at radius 1 is 1.17 bits per heavy atom. The summed E-state index contributed by atoms with van der Waals surface area (Å²) < 4.78 is 5.34. The lowest BCUT2D eigenvalue weighted by molar-refractivity contribution is -0.120. The molecule has 1 N–H and O–H groups in total. The number of halogens is 2. The highest BCUT2D eigenvalue weighted by Crippen LogP contribution is 2.24. The fourth-order valence-electron chi connectivity index (χ4n) is 1.78. The summed E-state index contributed by atoms with van der Waals surface area (Å²) in [4.78, 5) is 16.7. The van der Waals surface area contributed by atoms with Gasteiger partial charge < -0.3 is 14.9 Å². The first-order chi connectivity index (χ1) is 11.6. The maximum Gasteiger partial charge on any atom is 0.265 e. The van der Waals surface area contributed by atoms with Crippen molar-refractivity contribution in [3.63, 3.8) is 0 Å². The zero-order chi connectivity index (χ0) is 17.4. The monoisotopic (exact) mass is 366 g/mol. The summed E-state index contributed by atoms with van der Waals surface area (Å²) >= 11 is 11.7. The van der Waals surface area contributed by atoms with Crippen molar-refractivity contribution in [1.29, 1.82) is 0 Å². The Balaban J connectivity index is 1.78. The van der Waals surface area contributed by atoms with Crippen LogP contribution in [0.4, 0.5) is 5.69 Å². The maximum atomic E-state index is 11.7. The zero-order valence-corrected chi connectivity index (χ0v) is 14.5. The highest BCUT2D eigenvalue weighted by molar-refractivity contribution is 6.42. The summed E-state index contributed by atoms with van der Waals surface area (Å²) in [6.45, 7) is 2.32. The quantitative estimate of drug-likeness (QED) is 0.584. The van der Waals surface area contributed by atoms with Crippen molar-refractivity contribution in [2.45, 2.75) is 6.92 Å². The van der Waals surface area contributed by atoms with E-state index >= 15 is 0 Å². The van der Waals surface area contributed by atoms with Gasteiger partial charge in [0.1, 0.15) is 5.75 Å². The number of rotatable bonds is 7. The summed E-state index contributed by atoms with van der Waals surface area (Å²) in [5.41, 5.74) is 1.37. The second kappa shape index (κ2) is 9.15. The molecule has 126 valence electrons. The molecule has 0 bridgehead atoms. The summed E-state index contributed by atoms with van der Waals surface area (Å²) in [7, 11) is 0. The Morgan fingerprint density at radius 3 is 2.58 bits per heavy atom. The highest BCUT2D eigenvalue weighted by Gasteiger charge is 2.04. The summed E-state index contributed by atoms with van der Waals surface area (Å²) in [5, 5.41) is 7.18. The number of carbonyl (C=O) groups is 1. The number of nitrogens with one attached hydrogen (secondary N) is 1. The molecule has 0 unspecified atom stereocenters. The molecule has 0 radical (unpaired) electrons. The van der Waals surface area contributed by atoms with E-state index in [2.05, 4.69) is 10.5 Å². The molecule has 0 aliphatic rings. The van der Waals surface area contributed by atoms with Crippen molar-refractivity contribution in [3.05, 3.63) is 58.1 Å². The largest absolute Gasteiger partial charge is 0.494 e. The van der Waals surface area contributed by atoms with Gasteiger partial charge in [0.25, 0.3) is 5.91 Å². The molecule has 0 saturated carbocycles. The van der Waals surface area contributed by atoms with Crippen LogP contribution in [0.3, 0.4) is 0 Å². The van der Waals surface area contributed by atoms with Crippen molar-refractivity contribution in [1.82, 2.24) is 0 Å². The summed E-state index contributed by atoms with van der Waals surface area (Å²) in [6, 6.07) is 12.2. The van der Waals surface area contributed by atoms with Gasteiger partial charge in [-0.05, 0) is 55.0 Å². The van der Waals surface area contributed by atoms with Crippen LogP contribution in [0.15, 0.2) is 47.6 Å². The normalized spacial score (nSPS) is 10.6. The number of benzene rings is 2. The predicted molar refractivity (Wildman–Crippen MR) is 96.2 cm³/mol. The third-order valence-electron chi connectivity index (χ3n) is 2.87. The van der Waals surface area contributed by atoms with Crippen LogP contribution in [-0.4, -0.2) is 25.3 Å². The molecule has 0 aliphatic carbocycles. The topological polar surface area (TPSA) is 59.9 Å². The molecule has 0 aliphatic heterocycles. The van der Waals surface area contributed by atoms with Crippen LogP contribution in [0.2, 0.25) is 10.0 Å². The lowest BCUT2D eigenvalue weighted by Crippen LogP contribution is -2.16. The molecule has 7 heteroatoms. The Morgan fingerprint density at radius 2 is 1.92 bits per heavy atom. The van der Waals surface area contributed by atoms with Gasteiger partial charge in [-0.25, -0.2) is 0 Å². The van der Waals surface area contributed by atoms with Crippen molar-refractivity contribution >= 4 is 41.0 Å². The Kier molecular flexibility index (Phi) is 6.90. The SMILES string of the molecule is CCOc1ccc(/C=N\OCC(=O)Nc2ccc(Cl)c(Cl)c2)cc1. The van der Waals surface area contributed by atoms with Crippen LogP contribution in [0, 0.1) is 0 Å². The number of hydrogen-bond donors (Lipinski definition) is 1. The average Bonchev–Trinajstić information content (AvgIpc) is 2.57. The van der Waals surface area contributed by atoms with Crippen LogP contribution in [0.1, 0.15) is 12.5 Å². The van der Waals surface area contributed by atoms with Gasteiger partial charge in [0.05, 0.1) is 22.9 Å². The molecule has 0 saturated heterocycles. The second-order valence-corrected chi connectivity index (χ2v) is 5.50. The second-order valence-electron chi connectivity index (χ2n) is 4.69. The third kappa shape index (κ3) is 5.76. The van der Waals surface area contributed by atoms with Gasteiger partial charge in [0, 0.05) is 5.69 Å². The van der Waals surface area contributed by atoms with Gasteiger partial charge in [-0.15, -0.1) is 0 Å². The Bertz CT molecular complexity index is 718. The van der Waals surface area contributed by atoms with E-state index in [0.29, 0.717) is 22.3 Å². The molecular weight excluding hydrogens is 351 g/mol. The van der Waals surface area contributed by atoms with E-state index < -0.39 is 0 Å². The van der Waals surface area contributed by atoms with Crippen molar-refractivity contribution in [2.75, 3.05) is 18.5 Å². The van der Waals surface area contributed by atoms with Gasteiger partial charge in [-0.1, -0.05) is 28.4 Å². The number of anilines is 1. The first-order valence-corrected chi connectivity index (χ1v) is 7.97. The molecule has 0 aromatic heterocycles. The van der Waals surface area contributed by atoms with E-state index in [4.69, 9.17) is 32.8 Å². The fourth-order valence-corrected chi connectivity index (χ4v) is 2.08. The first kappa shape index (κ1) is 18.1. The Hall–Kier alpha value is -2.24. The lowest BCUT2D eigenvalue weighted by Gasteiger charge is -2.05. The minimum Gasteiger partial charge on any atom is -0.494 e. The van der Waals surface area contributed by atoms with Crippen LogP contribution >= 0.6 is 23.2 Å². The number of ether oxygens (including phenoxy) is 1. The minimum atomic E-state index is -0.350. The van der Waals surface area contributed by atoms with Crippen LogP contribution in [0.25, 0.3) is 0 Å². The molecular formula is C17H16Cl2N2O3. The summed E-state index contributed by atoms with van der Waals surface area (Å²) in [6.07, 6.45) is 1.52. The van der Waals surface area contributed by atoms with Crippen LogP contribution in [0.5, 0.6) is 5.75 Å². The molecule has 2 rings (SSSR count). The van der Waals surface area contributed by atoms with E-state index in [1.807, 2.05) is 31.2 Å². The molecule has 24 heavy (non-hydrogen) atoms. The third-order valence-corrected chi connectivity index (χ3v) is 3.61. The summed E-state index contributed by atoms with van der Waals surface area (Å²) in [5.74, 6) is 0.439. The molecule has 1 amide bonds. The molecule has 5 nitrogen and oxygen atoms in total. The molecule has 0 heterocycles. The van der Waals surface area contributed by atoms with Gasteiger partial charge in [-0.2, -0.15) is 0 Å².